The summed E-state index contributed by atoms with van der Waals surface area (Å²) in [7, 11) is 0. The second kappa shape index (κ2) is 8.50. The number of rotatable bonds is 6. The predicted octanol–water partition coefficient (Wildman–Crippen LogP) is 4.56. The number of carbonyl (C=O) groups is 1. The molecule has 3 aromatic rings. The van der Waals surface area contributed by atoms with Crippen molar-refractivity contribution in [2.75, 3.05) is 0 Å². The van der Waals surface area contributed by atoms with E-state index in [-0.39, 0.29) is 11.9 Å². The third kappa shape index (κ3) is 4.07. The quantitative estimate of drug-likeness (QED) is 0.464. The summed E-state index contributed by atoms with van der Waals surface area (Å²) in [6.45, 7) is 0.516. The van der Waals surface area contributed by atoms with Gasteiger partial charge in [-0.3, -0.25) is 4.79 Å². The summed E-state index contributed by atoms with van der Waals surface area (Å²) in [5.74, 6) is 3.40. The zero-order valence-corrected chi connectivity index (χ0v) is 15.9. The number of terminal acetylenes is 1. The number of amides is 1. The molecule has 1 heterocycles. The summed E-state index contributed by atoms with van der Waals surface area (Å²) < 4.78 is 6.02. The fourth-order valence-corrected chi connectivity index (χ4v) is 3.46. The first-order chi connectivity index (χ1) is 14.3. The van der Waals surface area contributed by atoms with E-state index in [1.807, 2.05) is 102 Å². The normalized spacial score (nSPS) is 18.7. The van der Waals surface area contributed by atoms with E-state index in [4.69, 9.17) is 11.2 Å². The third-order valence-corrected chi connectivity index (χ3v) is 4.98. The molecule has 3 aromatic carbocycles. The van der Waals surface area contributed by atoms with Crippen LogP contribution >= 0.6 is 0 Å². The number of allylic oxidation sites excluding steroid dienone is 1. The van der Waals surface area contributed by atoms with Crippen molar-refractivity contribution in [2.45, 2.75) is 18.7 Å². The van der Waals surface area contributed by atoms with Gasteiger partial charge in [-0.2, -0.15) is 0 Å². The molecule has 0 unspecified atom stereocenters. The Morgan fingerprint density at radius 2 is 1.52 bits per heavy atom. The van der Waals surface area contributed by atoms with Crippen LogP contribution in [-0.4, -0.2) is 23.0 Å². The van der Waals surface area contributed by atoms with Crippen LogP contribution < -0.4 is 4.74 Å². The van der Waals surface area contributed by atoms with Gasteiger partial charge in [0.05, 0.1) is 6.04 Å². The van der Waals surface area contributed by atoms with Crippen molar-refractivity contribution in [3.8, 4) is 18.1 Å². The topological polar surface area (TPSA) is 29.5 Å². The molecule has 3 heteroatoms. The molecule has 0 N–H and O–H groups in total. The van der Waals surface area contributed by atoms with Crippen LogP contribution in [0.3, 0.4) is 0 Å². The summed E-state index contributed by atoms with van der Waals surface area (Å²) in [6, 6.07) is 28.9. The Hall–Kier alpha value is -3.77. The number of para-hydroxylation sites is 1. The summed E-state index contributed by atoms with van der Waals surface area (Å²) in [6.07, 6.45) is 7.18. The van der Waals surface area contributed by atoms with Gasteiger partial charge in [0.15, 0.2) is 0 Å². The van der Waals surface area contributed by atoms with E-state index in [1.165, 1.54) is 0 Å². The second-order valence-corrected chi connectivity index (χ2v) is 6.88. The number of carbonyl (C=O) groups excluding carboxylic acids is 1. The lowest BCUT2D eigenvalue weighted by molar-refractivity contribution is -0.160. The van der Waals surface area contributed by atoms with Crippen LogP contribution in [0.4, 0.5) is 0 Å². The lowest BCUT2D eigenvalue weighted by Crippen LogP contribution is -2.65. The first kappa shape index (κ1) is 18.6. The molecule has 1 fully saturated rings. The monoisotopic (exact) mass is 379 g/mol. The van der Waals surface area contributed by atoms with Gasteiger partial charge in [-0.15, -0.1) is 6.42 Å². The molecule has 0 aliphatic carbocycles. The molecular formula is C26H21NO2. The Balaban J connectivity index is 1.64. The Bertz CT molecular complexity index is 985. The van der Waals surface area contributed by atoms with Crippen LogP contribution in [0.15, 0.2) is 97.1 Å². The molecule has 142 valence electrons. The average Bonchev–Trinajstić information content (AvgIpc) is 2.79. The molecule has 4 rings (SSSR count). The molecular weight excluding hydrogens is 358 g/mol. The van der Waals surface area contributed by atoms with E-state index in [2.05, 4.69) is 5.92 Å². The zero-order valence-electron chi connectivity index (χ0n) is 15.9. The fourth-order valence-electron chi connectivity index (χ4n) is 3.46. The highest BCUT2D eigenvalue weighted by Crippen LogP contribution is 2.30. The molecule has 2 atom stereocenters. The Kier molecular flexibility index (Phi) is 5.45. The molecule has 0 bridgehead atoms. The van der Waals surface area contributed by atoms with Gasteiger partial charge in [-0.05, 0) is 29.3 Å². The number of benzene rings is 3. The SMILES string of the molecule is C#C/C(=C\[C@H]1[C@@H](Oc2ccccc2)C(=O)N1Cc1ccccc1)c1ccccc1. The van der Waals surface area contributed by atoms with Crippen LogP contribution in [0, 0.1) is 12.3 Å². The van der Waals surface area contributed by atoms with E-state index in [1.54, 1.807) is 0 Å². The summed E-state index contributed by atoms with van der Waals surface area (Å²) in [4.78, 5) is 14.7. The summed E-state index contributed by atoms with van der Waals surface area (Å²) in [5, 5.41) is 0. The van der Waals surface area contributed by atoms with Crippen LogP contribution in [0.25, 0.3) is 5.57 Å². The van der Waals surface area contributed by atoms with Gasteiger partial charge in [-0.1, -0.05) is 84.8 Å². The third-order valence-electron chi connectivity index (χ3n) is 4.98. The first-order valence-corrected chi connectivity index (χ1v) is 9.56. The lowest BCUT2D eigenvalue weighted by Gasteiger charge is -2.45. The molecule has 0 saturated carbocycles. The van der Waals surface area contributed by atoms with E-state index in [9.17, 15) is 4.79 Å². The van der Waals surface area contributed by atoms with Crippen LogP contribution in [0.1, 0.15) is 11.1 Å². The molecule has 1 saturated heterocycles. The minimum Gasteiger partial charge on any atom is -0.478 e. The van der Waals surface area contributed by atoms with Crippen molar-refractivity contribution in [3.63, 3.8) is 0 Å². The molecule has 0 spiro atoms. The van der Waals surface area contributed by atoms with Crippen LogP contribution in [0.2, 0.25) is 0 Å². The van der Waals surface area contributed by atoms with Gasteiger partial charge < -0.3 is 9.64 Å². The molecule has 3 nitrogen and oxygen atoms in total. The minimum atomic E-state index is -0.590. The molecule has 29 heavy (non-hydrogen) atoms. The van der Waals surface area contributed by atoms with Gasteiger partial charge in [0.2, 0.25) is 6.10 Å². The molecule has 1 amide bonds. The van der Waals surface area contributed by atoms with Crippen molar-refractivity contribution in [1.29, 1.82) is 0 Å². The highest BCUT2D eigenvalue weighted by molar-refractivity contribution is 5.91. The summed E-state index contributed by atoms with van der Waals surface area (Å²) in [5.41, 5.74) is 2.77. The Morgan fingerprint density at radius 3 is 2.14 bits per heavy atom. The highest BCUT2D eigenvalue weighted by atomic mass is 16.5. The van der Waals surface area contributed by atoms with Crippen molar-refractivity contribution >= 4 is 11.5 Å². The van der Waals surface area contributed by atoms with Crippen molar-refractivity contribution in [2.24, 2.45) is 0 Å². The maximum Gasteiger partial charge on any atom is 0.267 e. The lowest BCUT2D eigenvalue weighted by atomic mass is 9.92. The number of ether oxygens (including phenoxy) is 1. The fraction of sp³-hybridized carbons (Fsp3) is 0.115. The van der Waals surface area contributed by atoms with E-state index in [0.29, 0.717) is 12.3 Å². The van der Waals surface area contributed by atoms with Gasteiger partial charge in [-0.25, -0.2) is 0 Å². The largest absolute Gasteiger partial charge is 0.478 e. The van der Waals surface area contributed by atoms with E-state index >= 15 is 0 Å². The number of hydrogen-bond acceptors (Lipinski definition) is 2. The molecule has 1 aliphatic rings. The van der Waals surface area contributed by atoms with Crippen molar-refractivity contribution < 1.29 is 9.53 Å². The van der Waals surface area contributed by atoms with Crippen molar-refractivity contribution in [1.82, 2.24) is 4.90 Å². The number of hydrogen-bond donors (Lipinski definition) is 0. The van der Waals surface area contributed by atoms with Crippen LogP contribution in [0.5, 0.6) is 5.75 Å². The predicted molar refractivity (Wildman–Crippen MR) is 115 cm³/mol. The Labute approximate surface area is 171 Å². The zero-order chi connectivity index (χ0) is 20.1. The smallest absolute Gasteiger partial charge is 0.267 e. The second-order valence-electron chi connectivity index (χ2n) is 6.88. The highest BCUT2D eigenvalue weighted by Gasteiger charge is 2.48. The van der Waals surface area contributed by atoms with Gasteiger partial charge in [0, 0.05) is 12.1 Å². The van der Waals surface area contributed by atoms with Gasteiger partial charge in [0.1, 0.15) is 5.75 Å². The van der Waals surface area contributed by atoms with Gasteiger partial charge in [0.25, 0.3) is 5.91 Å². The van der Waals surface area contributed by atoms with E-state index < -0.39 is 6.10 Å². The molecule has 0 aromatic heterocycles. The van der Waals surface area contributed by atoms with Crippen molar-refractivity contribution in [3.05, 3.63) is 108 Å². The van der Waals surface area contributed by atoms with E-state index in [0.717, 1.165) is 16.7 Å². The molecule has 1 aliphatic heterocycles. The number of likely N-dealkylation sites (tertiary alicyclic amines) is 1. The first-order valence-electron chi connectivity index (χ1n) is 9.56. The maximum atomic E-state index is 12.9. The number of nitrogens with zero attached hydrogens (tertiary/aromatic N) is 1. The maximum absolute atomic E-state index is 12.9. The Morgan fingerprint density at radius 1 is 0.931 bits per heavy atom. The minimum absolute atomic E-state index is 0.0385. The summed E-state index contributed by atoms with van der Waals surface area (Å²) >= 11 is 0. The standard InChI is InChI=1S/C26H21NO2/c1-2-21(22-14-8-4-9-15-22)18-24-25(29-23-16-10-5-11-17-23)26(28)27(24)19-20-12-6-3-7-13-20/h1,3-18,24-25H,19H2/b21-18+/t24-,25+/m0/s1. The van der Waals surface area contributed by atoms with Gasteiger partial charge >= 0.3 is 0 Å². The average molecular weight is 379 g/mol. The number of β-lactam (4-membered cyclic amide) rings is 1. The van der Waals surface area contributed by atoms with Crippen LogP contribution in [-0.2, 0) is 11.3 Å². The molecule has 0 radical (unpaired) electrons.